The molecule has 0 aliphatic carbocycles. The van der Waals surface area contributed by atoms with Crippen molar-refractivity contribution in [2.24, 2.45) is 0 Å². The van der Waals surface area contributed by atoms with Gasteiger partial charge >= 0.3 is 11.9 Å². The molecule has 1 saturated heterocycles. The predicted octanol–water partition coefficient (Wildman–Crippen LogP) is 0.950. The maximum atomic E-state index is 12.1. The molecule has 1 aliphatic rings. The summed E-state index contributed by atoms with van der Waals surface area (Å²) in [6.07, 6.45) is 1.69. The Morgan fingerprint density at radius 2 is 1.68 bits per heavy atom. The van der Waals surface area contributed by atoms with Crippen LogP contribution in [0.25, 0.3) is 0 Å². The number of amides is 1. The van der Waals surface area contributed by atoms with Crippen LogP contribution in [0.15, 0.2) is 18.2 Å². The van der Waals surface area contributed by atoms with Crippen molar-refractivity contribution in [1.29, 1.82) is 0 Å². The summed E-state index contributed by atoms with van der Waals surface area (Å²) >= 11 is 0. The summed E-state index contributed by atoms with van der Waals surface area (Å²) < 4.78 is 9.30. The lowest BCUT2D eigenvalue weighted by atomic mass is 10.1. The lowest BCUT2D eigenvalue weighted by Crippen LogP contribution is -2.35. The standard InChI is InChI=1S/C15H18N2O5/c1-21-14(19)9-6-10(15(20)22-2)8-11(7-9)17-13(18)12-4-3-5-16-12/h6-8,12,16H,3-5H2,1-2H3,(H,17,18). The number of benzene rings is 1. The van der Waals surface area contributed by atoms with Crippen LogP contribution in [-0.4, -0.2) is 44.7 Å². The van der Waals surface area contributed by atoms with Crippen LogP contribution in [0.1, 0.15) is 33.6 Å². The fourth-order valence-electron chi connectivity index (χ4n) is 2.31. The molecular formula is C15H18N2O5. The summed E-state index contributed by atoms with van der Waals surface area (Å²) in [5.74, 6) is -1.39. The third kappa shape index (κ3) is 3.62. The number of carbonyl (C=O) groups is 3. The molecule has 1 aromatic carbocycles. The molecule has 1 fully saturated rings. The lowest BCUT2D eigenvalue weighted by Gasteiger charge is -2.13. The zero-order valence-electron chi connectivity index (χ0n) is 12.5. The fourth-order valence-corrected chi connectivity index (χ4v) is 2.31. The Hall–Kier alpha value is -2.41. The van der Waals surface area contributed by atoms with Gasteiger partial charge in [-0.25, -0.2) is 9.59 Å². The molecule has 0 spiro atoms. The van der Waals surface area contributed by atoms with Gasteiger partial charge in [-0.1, -0.05) is 0 Å². The summed E-state index contributed by atoms with van der Waals surface area (Å²) in [6.45, 7) is 0.799. The minimum absolute atomic E-state index is 0.167. The number of rotatable bonds is 4. The van der Waals surface area contributed by atoms with E-state index < -0.39 is 11.9 Å². The second-order valence-corrected chi connectivity index (χ2v) is 4.92. The van der Waals surface area contributed by atoms with Crippen LogP contribution in [0, 0.1) is 0 Å². The van der Waals surface area contributed by atoms with Gasteiger partial charge in [0.1, 0.15) is 0 Å². The molecule has 118 valence electrons. The highest BCUT2D eigenvalue weighted by molar-refractivity contribution is 6.00. The molecule has 0 bridgehead atoms. The Labute approximate surface area is 128 Å². The third-order valence-electron chi connectivity index (χ3n) is 3.42. The zero-order valence-corrected chi connectivity index (χ0v) is 12.5. The summed E-state index contributed by atoms with van der Waals surface area (Å²) in [5, 5.41) is 5.78. The van der Waals surface area contributed by atoms with Crippen molar-refractivity contribution in [3.63, 3.8) is 0 Å². The van der Waals surface area contributed by atoms with E-state index in [1.807, 2.05) is 0 Å². The molecule has 1 aliphatic heterocycles. The molecule has 7 nitrogen and oxygen atoms in total. The smallest absolute Gasteiger partial charge is 0.337 e. The summed E-state index contributed by atoms with van der Waals surface area (Å²) in [4.78, 5) is 35.5. The molecule has 0 radical (unpaired) electrons. The molecule has 1 amide bonds. The van der Waals surface area contributed by atoms with Crippen molar-refractivity contribution in [3.8, 4) is 0 Å². The topological polar surface area (TPSA) is 93.7 Å². The number of anilines is 1. The Kier molecular flexibility index (Phi) is 5.11. The molecule has 1 unspecified atom stereocenters. The van der Waals surface area contributed by atoms with Gasteiger partial charge in [0.15, 0.2) is 0 Å². The Morgan fingerprint density at radius 3 is 2.14 bits per heavy atom. The Balaban J connectivity index is 2.26. The average Bonchev–Trinajstić information content (AvgIpc) is 3.07. The van der Waals surface area contributed by atoms with Crippen molar-refractivity contribution in [2.45, 2.75) is 18.9 Å². The van der Waals surface area contributed by atoms with E-state index in [1.54, 1.807) is 0 Å². The molecule has 2 rings (SSSR count). The van der Waals surface area contributed by atoms with Crippen molar-refractivity contribution >= 4 is 23.5 Å². The van der Waals surface area contributed by atoms with E-state index in [2.05, 4.69) is 20.1 Å². The molecule has 0 aromatic heterocycles. The zero-order chi connectivity index (χ0) is 16.1. The average molecular weight is 306 g/mol. The van der Waals surface area contributed by atoms with E-state index in [1.165, 1.54) is 32.4 Å². The van der Waals surface area contributed by atoms with Crippen molar-refractivity contribution in [1.82, 2.24) is 5.32 Å². The molecule has 1 heterocycles. The number of hydrogen-bond donors (Lipinski definition) is 2. The number of nitrogens with one attached hydrogen (secondary N) is 2. The monoisotopic (exact) mass is 306 g/mol. The molecule has 1 aromatic rings. The van der Waals surface area contributed by atoms with Crippen LogP contribution in [0.3, 0.4) is 0 Å². The van der Waals surface area contributed by atoms with Gasteiger partial charge in [-0.15, -0.1) is 0 Å². The number of esters is 2. The second kappa shape index (κ2) is 7.04. The van der Waals surface area contributed by atoms with E-state index in [4.69, 9.17) is 0 Å². The first-order valence-electron chi connectivity index (χ1n) is 6.91. The number of ether oxygens (including phenoxy) is 2. The van der Waals surface area contributed by atoms with Crippen LogP contribution in [0.4, 0.5) is 5.69 Å². The Bertz CT molecular complexity index is 559. The highest BCUT2D eigenvalue weighted by Crippen LogP contribution is 2.18. The summed E-state index contributed by atoms with van der Waals surface area (Å²) in [6, 6.07) is 4.03. The van der Waals surface area contributed by atoms with E-state index in [9.17, 15) is 14.4 Å². The predicted molar refractivity (Wildman–Crippen MR) is 78.8 cm³/mol. The largest absolute Gasteiger partial charge is 0.465 e. The maximum absolute atomic E-state index is 12.1. The van der Waals surface area contributed by atoms with E-state index in [-0.39, 0.29) is 23.1 Å². The van der Waals surface area contributed by atoms with Crippen LogP contribution in [0.2, 0.25) is 0 Å². The van der Waals surface area contributed by atoms with Crippen LogP contribution in [0.5, 0.6) is 0 Å². The number of methoxy groups -OCH3 is 2. The van der Waals surface area contributed by atoms with Gasteiger partial charge in [0.2, 0.25) is 5.91 Å². The lowest BCUT2D eigenvalue weighted by molar-refractivity contribution is -0.117. The van der Waals surface area contributed by atoms with E-state index >= 15 is 0 Å². The van der Waals surface area contributed by atoms with Crippen molar-refractivity contribution < 1.29 is 23.9 Å². The minimum atomic E-state index is -0.597. The normalized spacial score (nSPS) is 16.9. The van der Waals surface area contributed by atoms with E-state index in [0.717, 1.165) is 19.4 Å². The fraction of sp³-hybridized carbons (Fsp3) is 0.400. The van der Waals surface area contributed by atoms with Crippen molar-refractivity contribution in [3.05, 3.63) is 29.3 Å². The number of hydrogen-bond acceptors (Lipinski definition) is 6. The molecule has 7 heteroatoms. The van der Waals surface area contributed by atoms with Gasteiger partial charge in [0.25, 0.3) is 0 Å². The maximum Gasteiger partial charge on any atom is 0.337 e. The first-order chi connectivity index (χ1) is 10.5. The molecular weight excluding hydrogens is 288 g/mol. The molecule has 0 saturated carbocycles. The molecule has 22 heavy (non-hydrogen) atoms. The summed E-state index contributed by atoms with van der Waals surface area (Å²) in [7, 11) is 2.49. The van der Waals surface area contributed by atoms with E-state index in [0.29, 0.717) is 5.69 Å². The first-order valence-corrected chi connectivity index (χ1v) is 6.91. The molecule has 2 N–H and O–H groups in total. The third-order valence-corrected chi connectivity index (χ3v) is 3.42. The van der Waals surface area contributed by atoms with Crippen LogP contribution < -0.4 is 10.6 Å². The van der Waals surface area contributed by atoms with Gasteiger partial charge in [-0.2, -0.15) is 0 Å². The minimum Gasteiger partial charge on any atom is -0.465 e. The highest BCUT2D eigenvalue weighted by Gasteiger charge is 2.23. The highest BCUT2D eigenvalue weighted by atomic mass is 16.5. The quantitative estimate of drug-likeness (QED) is 0.804. The van der Waals surface area contributed by atoms with Gasteiger partial charge in [-0.05, 0) is 37.6 Å². The first kappa shape index (κ1) is 16.0. The van der Waals surface area contributed by atoms with Crippen LogP contribution in [-0.2, 0) is 14.3 Å². The second-order valence-electron chi connectivity index (χ2n) is 4.92. The number of carbonyl (C=O) groups excluding carboxylic acids is 3. The van der Waals surface area contributed by atoms with Crippen LogP contribution >= 0.6 is 0 Å². The van der Waals surface area contributed by atoms with Crippen molar-refractivity contribution in [2.75, 3.05) is 26.1 Å². The Morgan fingerprint density at radius 1 is 1.09 bits per heavy atom. The summed E-state index contributed by atoms with van der Waals surface area (Å²) in [5.41, 5.74) is 0.683. The molecule has 1 atom stereocenters. The SMILES string of the molecule is COC(=O)c1cc(NC(=O)C2CCCN2)cc(C(=O)OC)c1. The van der Waals surface area contributed by atoms with Gasteiger partial charge in [-0.3, -0.25) is 4.79 Å². The van der Waals surface area contributed by atoms with Gasteiger partial charge < -0.3 is 20.1 Å². The van der Waals surface area contributed by atoms with Gasteiger partial charge in [0.05, 0.1) is 31.4 Å². The van der Waals surface area contributed by atoms with Gasteiger partial charge in [0, 0.05) is 5.69 Å².